The van der Waals surface area contributed by atoms with Gasteiger partial charge in [-0.15, -0.1) is 0 Å². The highest BCUT2D eigenvalue weighted by Crippen LogP contribution is 2.27. The van der Waals surface area contributed by atoms with Crippen LogP contribution in [0.2, 0.25) is 0 Å². The number of nitrogens with one attached hydrogen (secondary N) is 1. The third-order valence-corrected chi connectivity index (χ3v) is 5.23. The summed E-state index contributed by atoms with van der Waals surface area (Å²) in [5.74, 6) is -0.818. The number of aryl methyl sites for hydroxylation is 1. The van der Waals surface area contributed by atoms with Crippen molar-refractivity contribution in [2.45, 2.75) is 38.2 Å². The number of benzene rings is 2. The summed E-state index contributed by atoms with van der Waals surface area (Å²) in [6, 6.07) is 15.8. The number of carboxylic acids is 1. The number of anilines is 1. The van der Waals surface area contributed by atoms with Gasteiger partial charge in [0, 0.05) is 25.2 Å². The molecule has 1 heterocycles. The second-order valence-electron chi connectivity index (χ2n) is 7.52. The minimum Gasteiger partial charge on any atom is -0.481 e. The molecule has 154 valence electrons. The van der Waals surface area contributed by atoms with Gasteiger partial charge in [-0.2, -0.15) is 0 Å². The maximum absolute atomic E-state index is 12.5. The normalized spacial score (nSPS) is 15.1. The van der Waals surface area contributed by atoms with Crippen molar-refractivity contribution in [1.29, 1.82) is 0 Å². The van der Waals surface area contributed by atoms with Gasteiger partial charge >= 0.3 is 12.1 Å². The van der Waals surface area contributed by atoms with Crippen LogP contribution in [0.3, 0.4) is 0 Å². The summed E-state index contributed by atoms with van der Waals surface area (Å²) >= 11 is 0. The zero-order valence-electron chi connectivity index (χ0n) is 16.8. The van der Waals surface area contributed by atoms with E-state index in [0.717, 1.165) is 42.6 Å². The van der Waals surface area contributed by atoms with Crippen molar-refractivity contribution in [1.82, 2.24) is 4.90 Å². The number of nitrogens with zero attached hydrogens (tertiary/aromatic N) is 1. The molecule has 6 nitrogen and oxygen atoms in total. The Morgan fingerprint density at radius 1 is 1.10 bits per heavy atom. The zero-order valence-corrected chi connectivity index (χ0v) is 16.8. The highest BCUT2D eigenvalue weighted by molar-refractivity contribution is 5.87. The highest BCUT2D eigenvalue weighted by atomic mass is 16.6. The first-order valence-electron chi connectivity index (χ1n) is 10.1. The molecule has 1 aliphatic heterocycles. The van der Waals surface area contributed by atoms with E-state index in [2.05, 4.69) is 17.3 Å². The lowest BCUT2D eigenvalue weighted by molar-refractivity contribution is -0.137. The van der Waals surface area contributed by atoms with Crippen LogP contribution in [0.25, 0.3) is 11.1 Å². The fourth-order valence-electron chi connectivity index (χ4n) is 3.54. The molecule has 6 heteroatoms. The number of ether oxygens (including phenoxy) is 1. The molecule has 0 radical (unpaired) electrons. The van der Waals surface area contributed by atoms with Gasteiger partial charge in [0.15, 0.2) is 0 Å². The summed E-state index contributed by atoms with van der Waals surface area (Å²) in [5.41, 5.74) is 3.62. The fourth-order valence-corrected chi connectivity index (χ4v) is 3.54. The molecule has 1 aliphatic rings. The van der Waals surface area contributed by atoms with E-state index >= 15 is 0 Å². The minimum atomic E-state index is -0.818. The Balaban J connectivity index is 1.73. The maximum Gasteiger partial charge on any atom is 0.411 e. The molecule has 0 unspecified atom stereocenters. The minimum absolute atomic E-state index is 0.0704. The number of amides is 1. The molecule has 2 aromatic rings. The molecule has 0 aliphatic carbocycles. The van der Waals surface area contributed by atoms with Crippen LogP contribution in [-0.2, 0) is 16.0 Å². The smallest absolute Gasteiger partial charge is 0.411 e. The highest BCUT2D eigenvalue weighted by Gasteiger charge is 2.21. The number of likely N-dealkylation sites (tertiary alicyclic amines) is 1. The summed E-state index contributed by atoms with van der Waals surface area (Å²) in [6.07, 6.45) is 2.33. The van der Waals surface area contributed by atoms with Crippen LogP contribution in [0.1, 0.15) is 31.2 Å². The van der Waals surface area contributed by atoms with E-state index in [0.29, 0.717) is 18.5 Å². The van der Waals surface area contributed by atoms with Gasteiger partial charge in [0.25, 0.3) is 0 Å². The van der Waals surface area contributed by atoms with Crippen molar-refractivity contribution in [3.63, 3.8) is 0 Å². The third kappa shape index (κ3) is 6.32. The van der Waals surface area contributed by atoms with E-state index < -0.39 is 12.1 Å². The monoisotopic (exact) mass is 396 g/mol. The molecule has 3 rings (SSSR count). The molecule has 0 spiro atoms. The van der Waals surface area contributed by atoms with Gasteiger partial charge in [0.1, 0.15) is 6.10 Å². The zero-order chi connectivity index (χ0) is 20.6. The molecule has 2 N–H and O–H groups in total. The number of hydrogen-bond acceptors (Lipinski definition) is 4. The van der Waals surface area contributed by atoms with E-state index in [4.69, 9.17) is 9.84 Å². The van der Waals surface area contributed by atoms with Crippen LogP contribution in [0.5, 0.6) is 0 Å². The molecular formula is C23H28N2O4. The summed E-state index contributed by atoms with van der Waals surface area (Å²) in [4.78, 5) is 25.6. The first-order valence-corrected chi connectivity index (χ1v) is 10.1. The average molecular weight is 396 g/mol. The standard InChI is InChI=1S/C23H28N2O4/c1-25-14-12-20(13-15-25)29-23(28)24-21-16-19(17-6-3-2-4-7-17)11-10-18(21)8-5-9-22(26)27/h2-4,6-7,10-11,16,20H,5,8-9,12-15H2,1H3,(H,24,28)(H,26,27). The number of piperidine rings is 1. The van der Waals surface area contributed by atoms with Gasteiger partial charge in [0.2, 0.25) is 0 Å². The van der Waals surface area contributed by atoms with Crippen LogP contribution in [-0.4, -0.2) is 48.3 Å². The molecule has 1 amide bonds. The Labute approximate surface area is 171 Å². The van der Waals surface area contributed by atoms with Crippen molar-refractivity contribution < 1.29 is 19.4 Å². The lowest BCUT2D eigenvalue weighted by Crippen LogP contribution is -2.36. The third-order valence-electron chi connectivity index (χ3n) is 5.23. The Kier molecular flexibility index (Phi) is 7.25. The summed E-state index contributed by atoms with van der Waals surface area (Å²) in [7, 11) is 2.06. The second kappa shape index (κ2) is 10.1. The maximum atomic E-state index is 12.5. The fraction of sp³-hybridized carbons (Fsp3) is 0.391. The number of hydrogen-bond donors (Lipinski definition) is 2. The van der Waals surface area contributed by atoms with Crippen molar-refractivity contribution in [3.05, 3.63) is 54.1 Å². The first kappa shape index (κ1) is 20.9. The Morgan fingerprint density at radius 3 is 2.52 bits per heavy atom. The predicted molar refractivity (Wildman–Crippen MR) is 113 cm³/mol. The molecule has 0 bridgehead atoms. The lowest BCUT2D eigenvalue weighted by atomic mass is 9.99. The van der Waals surface area contributed by atoms with Crippen molar-refractivity contribution >= 4 is 17.7 Å². The topological polar surface area (TPSA) is 78.9 Å². The second-order valence-corrected chi connectivity index (χ2v) is 7.52. The first-order chi connectivity index (χ1) is 14.0. The molecule has 2 aromatic carbocycles. The largest absolute Gasteiger partial charge is 0.481 e. The number of carbonyl (C=O) groups is 2. The van der Waals surface area contributed by atoms with E-state index in [-0.39, 0.29) is 12.5 Å². The van der Waals surface area contributed by atoms with Crippen LogP contribution >= 0.6 is 0 Å². The summed E-state index contributed by atoms with van der Waals surface area (Å²) < 4.78 is 5.62. The van der Waals surface area contributed by atoms with Crippen LogP contribution < -0.4 is 5.32 Å². The molecule has 0 aromatic heterocycles. The van der Waals surface area contributed by atoms with Crippen molar-refractivity contribution in [3.8, 4) is 11.1 Å². The van der Waals surface area contributed by atoms with Crippen LogP contribution in [0.4, 0.5) is 10.5 Å². The van der Waals surface area contributed by atoms with E-state index in [1.165, 1.54) is 0 Å². The van der Waals surface area contributed by atoms with E-state index in [1.807, 2.05) is 48.5 Å². The summed E-state index contributed by atoms with van der Waals surface area (Å²) in [6.45, 7) is 1.84. The number of aliphatic carboxylic acids is 1. The lowest BCUT2D eigenvalue weighted by Gasteiger charge is -2.28. The quantitative estimate of drug-likeness (QED) is 0.725. The molecule has 29 heavy (non-hydrogen) atoms. The SMILES string of the molecule is CN1CCC(OC(=O)Nc2cc(-c3ccccc3)ccc2CCCC(=O)O)CC1. The number of carbonyl (C=O) groups excluding carboxylic acids is 1. The summed E-state index contributed by atoms with van der Waals surface area (Å²) in [5, 5.41) is 11.8. The average Bonchev–Trinajstić information content (AvgIpc) is 2.71. The van der Waals surface area contributed by atoms with E-state index in [1.54, 1.807) is 0 Å². The Morgan fingerprint density at radius 2 is 1.83 bits per heavy atom. The Bertz CT molecular complexity index is 830. The van der Waals surface area contributed by atoms with Crippen LogP contribution in [0, 0.1) is 0 Å². The number of rotatable bonds is 7. The van der Waals surface area contributed by atoms with E-state index in [9.17, 15) is 9.59 Å². The predicted octanol–water partition coefficient (Wildman–Crippen LogP) is 4.40. The van der Waals surface area contributed by atoms with Gasteiger partial charge in [0.05, 0.1) is 0 Å². The van der Waals surface area contributed by atoms with Crippen molar-refractivity contribution in [2.75, 3.05) is 25.5 Å². The molecule has 0 saturated carbocycles. The van der Waals surface area contributed by atoms with Crippen molar-refractivity contribution in [2.24, 2.45) is 0 Å². The van der Waals surface area contributed by atoms with Gasteiger partial charge in [-0.05, 0) is 55.5 Å². The number of carboxylic acid groups (broad SMARTS) is 1. The molecule has 1 saturated heterocycles. The molecular weight excluding hydrogens is 368 g/mol. The van der Waals surface area contributed by atoms with Crippen LogP contribution in [0.15, 0.2) is 48.5 Å². The molecule has 0 atom stereocenters. The Hall–Kier alpha value is -2.86. The van der Waals surface area contributed by atoms with Gasteiger partial charge in [-0.3, -0.25) is 10.1 Å². The molecule has 1 fully saturated rings. The van der Waals surface area contributed by atoms with Gasteiger partial charge < -0.3 is 14.7 Å². The van der Waals surface area contributed by atoms with Gasteiger partial charge in [-0.25, -0.2) is 4.79 Å². The van der Waals surface area contributed by atoms with Gasteiger partial charge in [-0.1, -0.05) is 42.5 Å².